The largest absolute Gasteiger partial charge is 0.296 e. The van der Waals surface area contributed by atoms with Crippen molar-refractivity contribution in [2.75, 3.05) is 26.2 Å². The van der Waals surface area contributed by atoms with E-state index in [-0.39, 0.29) is 11.7 Å². The Bertz CT molecular complexity index is 733. The Labute approximate surface area is 146 Å². The number of nitro groups is 1. The number of pyridine rings is 1. The van der Waals surface area contributed by atoms with Crippen molar-refractivity contribution in [3.8, 4) is 0 Å². The van der Waals surface area contributed by atoms with Gasteiger partial charge in [-0.1, -0.05) is 6.07 Å². The van der Waals surface area contributed by atoms with Gasteiger partial charge < -0.3 is 0 Å². The molecular weight excluding hydrogens is 323 g/mol. The molecule has 1 saturated heterocycles. The highest BCUT2D eigenvalue weighted by molar-refractivity contribution is 5.40. The van der Waals surface area contributed by atoms with Gasteiger partial charge in [0, 0.05) is 62.8 Å². The predicted molar refractivity (Wildman–Crippen MR) is 92.6 cm³/mol. The van der Waals surface area contributed by atoms with Crippen LogP contribution in [0.25, 0.3) is 0 Å². The molecule has 1 fully saturated rings. The van der Waals surface area contributed by atoms with E-state index in [2.05, 4.69) is 27.8 Å². The lowest BCUT2D eigenvalue weighted by molar-refractivity contribution is -0.385. The van der Waals surface area contributed by atoms with E-state index in [1.54, 1.807) is 6.20 Å². The van der Waals surface area contributed by atoms with Crippen molar-refractivity contribution in [1.82, 2.24) is 14.8 Å². The fourth-order valence-corrected chi connectivity index (χ4v) is 3.24. The number of piperazine rings is 1. The van der Waals surface area contributed by atoms with E-state index in [4.69, 9.17) is 0 Å². The Hall–Kier alpha value is -2.38. The van der Waals surface area contributed by atoms with Crippen LogP contribution in [-0.4, -0.2) is 45.9 Å². The Kier molecular flexibility index (Phi) is 5.35. The summed E-state index contributed by atoms with van der Waals surface area (Å²) >= 11 is 0. The van der Waals surface area contributed by atoms with Gasteiger partial charge >= 0.3 is 0 Å². The zero-order valence-electron chi connectivity index (χ0n) is 14.1. The number of nitro benzene ring substituents is 1. The SMILES string of the molecule is C[C@@H](c1cccnc1)N1CCN(Cc2cc(F)ccc2[N+](=O)[O-])CC1. The van der Waals surface area contributed by atoms with Gasteiger partial charge in [-0.15, -0.1) is 0 Å². The molecule has 1 atom stereocenters. The lowest BCUT2D eigenvalue weighted by atomic mass is 10.1. The van der Waals surface area contributed by atoms with E-state index >= 15 is 0 Å². The minimum absolute atomic E-state index is 0.0208. The molecule has 132 valence electrons. The fourth-order valence-electron chi connectivity index (χ4n) is 3.24. The second-order valence-corrected chi connectivity index (χ2v) is 6.30. The van der Waals surface area contributed by atoms with Crippen LogP contribution in [0.4, 0.5) is 10.1 Å². The highest BCUT2D eigenvalue weighted by atomic mass is 19.1. The number of nitrogens with zero attached hydrogens (tertiary/aromatic N) is 4. The predicted octanol–water partition coefficient (Wildman–Crippen LogP) is 3.01. The second-order valence-electron chi connectivity index (χ2n) is 6.30. The molecule has 0 amide bonds. The first-order chi connectivity index (χ1) is 12.0. The molecule has 0 unspecified atom stereocenters. The first-order valence-electron chi connectivity index (χ1n) is 8.34. The first kappa shape index (κ1) is 17.4. The average Bonchev–Trinajstić information content (AvgIpc) is 2.62. The molecule has 0 N–H and O–H groups in total. The Morgan fingerprint density at radius 3 is 2.68 bits per heavy atom. The van der Waals surface area contributed by atoms with Crippen LogP contribution in [0, 0.1) is 15.9 Å². The van der Waals surface area contributed by atoms with E-state index in [1.165, 1.54) is 17.7 Å². The molecule has 0 bridgehead atoms. The Morgan fingerprint density at radius 1 is 1.28 bits per heavy atom. The van der Waals surface area contributed by atoms with E-state index in [9.17, 15) is 14.5 Å². The van der Waals surface area contributed by atoms with Crippen LogP contribution in [0.3, 0.4) is 0 Å². The van der Waals surface area contributed by atoms with E-state index < -0.39 is 10.7 Å². The topological polar surface area (TPSA) is 62.5 Å². The highest BCUT2D eigenvalue weighted by Crippen LogP contribution is 2.24. The third-order valence-electron chi connectivity index (χ3n) is 4.75. The summed E-state index contributed by atoms with van der Waals surface area (Å²) in [6.45, 7) is 5.85. The number of aromatic nitrogens is 1. The molecule has 1 aliphatic heterocycles. The van der Waals surface area contributed by atoms with Crippen molar-refractivity contribution >= 4 is 5.69 Å². The minimum atomic E-state index is -0.449. The third-order valence-corrected chi connectivity index (χ3v) is 4.75. The van der Waals surface area contributed by atoms with Crippen molar-refractivity contribution in [2.45, 2.75) is 19.5 Å². The lowest BCUT2D eigenvalue weighted by Crippen LogP contribution is -2.46. The summed E-state index contributed by atoms with van der Waals surface area (Å²) in [5.74, 6) is -0.440. The van der Waals surface area contributed by atoms with Crippen LogP contribution in [-0.2, 0) is 6.54 Å². The summed E-state index contributed by atoms with van der Waals surface area (Å²) < 4.78 is 13.5. The summed E-state index contributed by atoms with van der Waals surface area (Å²) in [6.07, 6.45) is 3.65. The molecule has 2 aromatic rings. The molecular formula is C18H21FN4O2. The molecule has 1 aromatic heterocycles. The van der Waals surface area contributed by atoms with Gasteiger partial charge in [0.1, 0.15) is 5.82 Å². The van der Waals surface area contributed by atoms with Crippen LogP contribution in [0.1, 0.15) is 24.1 Å². The molecule has 25 heavy (non-hydrogen) atoms. The maximum Gasteiger partial charge on any atom is 0.274 e. The van der Waals surface area contributed by atoms with Crippen molar-refractivity contribution in [2.24, 2.45) is 0 Å². The number of benzene rings is 1. The molecule has 0 radical (unpaired) electrons. The summed E-state index contributed by atoms with van der Waals surface area (Å²) in [6, 6.07) is 7.92. The van der Waals surface area contributed by atoms with Gasteiger partial charge in [0.25, 0.3) is 5.69 Å². The monoisotopic (exact) mass is 344 g/mol. The van der Waals surface area contributed by atoms with Crippen molar-refractivity contribution in [3.05, 3.63) is 69.8 Å². The fraction of sp³-hybridized carbons (Fsp3) is 0.389. The normalized spacial score (nSPS) is 17.4. The highest BCUT2D eigenvalue weighted by Gasteiger charge is 2.24. The Balaban J connectivity index is 1.62. The van der Waals surface area contributed by atoms with Gasteiger partial charge in [0.05, 0.1) is 4.92 Å². The van der Waals surface area contributed by atoms with Crippen LogP contribution in [0.5, 0.6) is 0 Å². The maximum absolute atomic E-state index is 13.5. The molecule has 7 heteroatoms. The number of halogens is 1. The lowest BCUT2D eigenvalue weighted by Gasteiger charge is -2.38. The van der Waals surface area contributed by atoms with Gasteiger partial charge in [-0.2, -0.15) is 0 Å². The minimum Gasteiger partial charge on any atom is -0.296 e. The third kappa shape index (κ3) is 4.18. The van der Waals surface area contributed by atoms with Crippen LogP contribution >= 0.6 is 0 Å². The van der Waals surface area contributed by atoms with Gasteiger partial charge in [-0.25, -0.2) is 4.39 Å². The summed E-state index contributed by atoms with van der Waals surface area (Å²) in [5, 5.41) is 11.1. The molecule has 0 saturated carbocycles. The first-order valence-corrected chi connectivity index (χ1v) is 8.34. The number of hydrogen-bond donors (Lipinski definition) is 0. The van der Waals surface area contributed by atoms with Gasteiger partial charge in [0.15, 0.2) is 0 Å². The van der Waals surface area contributed by atoms with Crippen LogP contribution < -0.4 is 0 Å². The molecule has 2 heterocycles. The van der Waals surface area contributed by atoms with Crippen LogP contribution in [0.15, 0.2) is 42.7 Å². The smallest absolute Gasteiger partial charge is 0.274 e. The van der Waals surface area contributed by atoms with E-state index in [0.29, 0.717) is 12.1 Å². The average molecular weight is 344 g/mol. The second kappa shape index (κ2) is 7.67. The van der Waals surface area contributed by atoms with Gasteiger partial charge in [-0.3, -0.25) is 24.9 Å². The quantitative estimate of drug-likeness (QED) is 0.616. The zero-order valence-corrected chi connectivity index (χ0v) is 14.1. The van der Waals surface area contributed by atoms with Gasteiger partial charge in [0.2, 0.25) is 0 Å². The van der Waals surface area contributed by atoms with Crippen molar-refractivity contribution in [3.63, 3.8) is 0 Å². The van der Waals surface area contributed by atoms with Crippen molar-refractivity contribution in [1.29, 1.82) is 0 Å². The van der Waals surface area contributed by atoms with Gasteiger partial charge in [-0.05, 0) is 30.7 Å². The summed E-state index contributed by atoms with van der Waals surface area (Å²) in [4.78, 5) is 19.3. The van der Waals surface area contributed by atoms with Crippen LogP contribution in [0.2, 0.25) is 0 Å². The molecule has 1 aromatic carbocycles. The van der Waals surface area contributed by atoms with E-state index in [0.717, 1.165) is 32.2 Å². The Morgan fingerprint density at radius 2 is 2.04 bits per heavy atom. The van der Waals surface area contributed by atoms with E-state index in [1.807, 2.05) is 12.3 Å². The summed E-state index contributed by atoms with van der Waals surface area (Å²) in [5.41, 5.74) is 1.59. The van der Waals surface area contributed by atoms with Crippen molar-refractivity contribution < 1.29 is 9.31 Å². The molecule has 0 aliphatic carbocycles. The number of rotatable bonds is 5. The zero-order chi connectivity index (χ0) is 17.8. The number of hydrogen-bond acceptors (Lipinski definition) is 5. The molecule has 3 rings (SSSR count). The maximum atomic E-state index is 13.5. The standard InChI is InChI=1S/C18H21FN4O2/c1-14(15-3-2-6-20-12-15)22-9-7-21(8-10-22)13-16-11-17(19)4-5-18(16)23(24)25/h2-6,11-12,14H,7-10,13H2,1H3/t14-/m0/s1. The molecule has 0 spiro atoms. The summed E-state index contributed by atoms with van der Waals surface area (Å²) in [7, 11) is 0. The molecule has 1 aliphatic rings. The molecule has 6 nitrogen and oxygen atoms in total.